The van der Waals surface area contributed by atoms with E-state index in [1.54, 1.807) is 6.92 Å². The van der Waals surface area contributed by atoms with Gasteiger partial charge in [0, 0.05) is 39.6 Å². The van der Waals surface area contributed by atoms with Crippen molar-refractivity contribution in [2.75, 3.05) is 32.7 Å². The fourth-order valence-corrected chi connectivity index (χ4v) is 3.43. The summed E-state index contributed by atoms with van der Waals surface area (Å²) in [6.45, 7) is 5.78. The molecule has 0 aromatic heterocycles. The van der Waals surface area contributed by atoms with Crippen molar-refractivity contribution in [3.63, 3.8) is 0 Å². The van der Waals surface area contributed by atoms with E-state index in [0.717, 1.165) is 51.5 Å². The molecule has 2 rings (SSSR count). The molecule has 0 atom stereocenters. The van der Waals surface area contributed by atoms with Crippen LogP contribution in [0.25, 0.3) is 0 Å². The van der Waals surface area contributed by atoms with Gasteiger partial charge in [-0.15, -0.1) is 24.0 Å². The number of carbonyl (C=O) groups excluding carboxylic acids is 1. The number of rotatable bonds is 4. The number of nitrogens with two attached hydrogens (primary N) is 1. The average Bonchev–Trinajstić information content (AvgIpc) is 2.84. The molecule has 0 aromatic carbocycles. The first-order chi connectivity index (χ1) is 10.2. The van der Waals surface area contributed by atoms with Crippen LogP contribution in [0.2, 0.25) is 0 Å². The third-order valence-corrected chi connectivity index (χ3v) is 4.78. The van der Waals surface area contributed by atoms with Crippen molar-refractivity contribution in [3.05, 3.63) is 0 Å². The maximum absolute atomic E-state index is 11.4. The molecule has 0 radical (unpaired) electrons. The third kappa shape index (κ3) is 6.30. The number of amides is 1. The number of carbonyl (C=O) groups is 1. The van der Waals surface area contributed by atoms with Crippen molar-refractivity contribution in [2.24, 2.45) is 16.6 Å². The molecule has 1 heterocycles. The van der Waals surface area contributed by atoms with E-state index in [1.165, 1.54) is 32.1 Å². The van der Waals surface area contributed by atoms with Crippen LogP contribution in [0.1, 0.15) is 51.9 Å². The summed E-state index contributed by atoms with van der Waals surface area (Å²) in [5.41, 5.74) is 6.11. The van der Waals surface area contributed by atoms with Gasteiger partial charge >= 0.3 is 0 Å². The van der Waals surface area contributed by atoms with Crippen LogP contribution in [0.15, 0.2) is 4.99 Å². The lowest BCUT2D eigenvalue weighted by molar-refractivity contribution is -0.128. The number of aliphatic imine (C=N–C) groups is 1. The van der Waals surface area contributed by atoms with Gasteiger partial charge in [-0.2, -0.15) is 0 Å². The van der Waals surface area contributed by atoms with Gasteiger partial charge in [-0.25, -0.2) is 0 Å². The summed E-state index contributed by atoms with van der Waals surface area (Å²) in [5, 5.41) is 0. The highest BCUT2D eigenvalue weighted by Crippen LogP contribution is 2.28. The fourth-order valence-electron chi connectivity index (χ4n) is 3.43. The monoisotopic (exact) mass is 422 g/mol. The quantitative estimate of drug-likeness (QED) is 0.328. The van der Waals surface area contributed by atoms with Crippen LogP contribution in [0, 0.1) is 5.92 Å². The molecule has 2 N–H and O–H groups in total. The van der Waals surface area contributed by atoms with E-state index in [-0.39, 0.29) is 29.9 Å². The molecule has 0 spiro atoms. The van der Waals surface area contributed by atoms with E-state index in [4.69, 9.17) is 5.73 Å². The van der Waals surface area contributed by atoms with Crippen molar-refractivity contribution in [2.45, 2.75) is 51.9 Å². The maximum Gasteiger partial charge on any atom is 0.219 e. The van der Waals surface area contributed by atoms with Crippen LogP contribution in [-0.4, -0.2) is 54.4 Å². The normalized spacial score (nSPS) is 20.7. The molecule has 1 amide bonds. The second kappa shape index (κ2) is 10.3. The second-order valence-electron chi connectivity index (χ2n) is 6.38. The lowest BCUT2D eigenvalue weighted by atomic mass is 10.0. The van der Waals surface area contributed by atoms with Crippen LogP contribution in [-0.2, 0) is 4.79 Å². The highest BCUT2D eigenvalue weighted by atomic mass is 127. The molecule has 1 aliphatic heterocycles. The van der Waals surface area contributed by atoms with Gasteiger partial charge in [0.05, 0.1) is 0 Å². The summed E-state index contributed by atoms with van der Waals surface area (Å²) in [4.78, 5) is 20.0. The van der Waals surface area contributed by atoms with E-state index in [1.807, 2.05) is 4.90 Å². The van der Waals surface area contributed by atoms with E-state index in [9.17, 15) is 4.79 Å². The highest BCUT2D eigenvalue weighted by Gasteiger charge is 2.17. The van der Waals surface area contributed by atoms with Crippen LogP contribution in [0.3, 0.4) is 0 Å². The lowest BCUT2D eigenvalue weighted by Crippen LogP contribution is -2.40. The highest BCUT2D eigenvalue weighted by molar-refractivity contribution is 14.0. The third-order valence-electron chi connectivity index (χ3n) is 4.78. The number of halogens is 1. The minimum atomic E-state index is 0. The predicted octanol–water partition coefficient (Wildman–Crippen LogP) is 2.44. The molecule has 2 fully saturated rings. The Balaban J connectivity index is 0.00000242. The molecular weight excluding hydrogens is 391 g/mol. The summed E-state index contributed by atoms with van der Waals surface area (Å²) in [7, 11) is 0. The minimum Gasteiger partial charge on any atom is -0.370 e. The van der Waals surface area contributed by atoms with Gasteiger partial charge in [0.15, 0.2) is 5.96 Å². The van der Waals surface area contributed by atoms with E-state index < -0.39 is 0 Å². The molecule has 6 heteroatoms. The molecule has 1 aliphatic carbocycles. The molecule has 0 bridgehead atoms. The van der Waals surface area contributed by atoms with Gasteiger partial charge in [-0.1, -0.05) is 25.7 Å². The van der Waals surface area contributed by atoms with Gasteiger partial charge in [0.25, 0.3) is 0 Å². The van der Waals surface area contributed by atoms with Gasteiger partial charge in [0.2, 0.25) is 5.91 Å². The van der Waals surface area contributed by atoms with Crippen molar-refractivity contribution < 1.29 is 4.79 Å². The summed E-state index contributed by atoms with van der Waals surface area (Å²) in [6, 6.07) is 0. The summed E-state index contributed by atoms with van der Waals surface area (Å²) < 4.78 is 0. The Bertz CT molecular complexity index is 369. The SMILES string of the molecule is CC(=O)N1CCCN(C(N)=NCCCC2CCCC2)CC1.I. The smallest absolute Gasteiger partial charge is 0.219 e. The zero-order valence-corrected chi connectivity index (χ0v) is 16.1. The van der Waals surface area contributed by atoms with Crippen molar-refractivity contribution in [1.29, 1.82) is 0 Å². The van der Waals surface area contributed by atoms with Crippen LogP contribution in [0.5, 0.6) is 0 Å². The van der Waals surface area contributed by atoms with E-state index in [2.05, 4.69) is 9.89 Å². The number of nitrogens with zero attached hydrogens (tertiary/aromatic N) is 3. The second-order valence-corrected chi connectivity index (χ2v) is 6.38. The average molecular weight is 422 g/mol. The zero-order chi connectivity index (χ0) is 15.1. The molecule has 1 saturated carbocycles. The van der Waals surface area contributed by atoms with Crippen molar-refractivity contribution >= 4 is 35.8 Å². The van der Waals surface area contributed by atoms with Crippen LogP contribution in [0.4, 0.5) is 0 Å². The lowest BCUT2D eigenvalue weighted by Gasteiger charge is -2.22. The van der Waals surface area contributed by atoms with E-state index >= 15 is 0 Å². The summed E-state index contributed by atoms with van der Waals surface area (Å²) >= 11 is 0. The Hall–Kier alpha value is -0.530. The zero-order valence-electron chi connectivity index (χ0n) is 13.8. The predicted molar refractivity (Wildman–Crippen MR) is 102 cm³/mol. The number of guanidine groups is 1. The van der Waals surface area contributed by atoms with Crippen molar-refractivity contribution in [3.8, 4) is 0 Å². The molecule has 2 aliphatic rings. The standard InChI is InChI=1S/C16H30N4O.HI/c1-14(21)19-10-5-11-20(13-12-19)16(17)18-9-4-8-15-6-2-3-7-15;/h15H,2-13H2,1H3,(H2,17,18);1H. The first-order valence-corrected chi connectivity index (χ1v) is 8.47. The molecule has 0 unspecified atom stereocenters. The van der Waals surface area contributed by atoms with Gasteiger partial charge < -0.3 is 15.5 Å². The maximum atomic E-state index is 11.4. The summed E-state index contributed by atoms with van der Waals surface area (Å²) in [5.74, 6) is 1.75. The first kappa shape index (κ1) is 19.5. The van der Waals surface area contributed by atoms with Gasteiger partial charge in [0.1, 0.15) is 0 Å². The number of hydrogen-bond donors (Lipinski definition) is 1. The molecular formula is C16H31IN4O. The molecule has 128 valence electrons. The minimum absolute atomic E-state index is 0. The molecule has 22 heavy (non-hydrogen) atoms. The Morgan fingerprint density at radius 3 is 2.41 bits per heavy atom. The van der Waals surface area contributed by atoms with Gasteiger partial charge in [-0.05, 0) is 25.2 Å². The topological polar surface area (TPSA) is 61.9 Å². The Morgan fingerprint density at radius 2 is 1.73 bits per heavy atom. The molecule has 0 aromatic rings. The molecule has 1 saturated heterocycles. The van der Waals surface area contributed by atoms with Crippen LogP contribution >= 0.6 is 24.0 Å². The first-order valence-electron chi connectivity index (χ1n) is 8.47. The fraction of sp³-hybridized carbons (Fsp3) is 0.875. The van der Waals surface area contributed by atoms with E-state index in [0.29, 0.717) is 5.96 Å². The molecule has 5 nitrogen and oxygen atoms in total. The Kier molecular flexibility index (Phi) is 9.12. The Labute approximate surface area is 151 Å². The van der Waals surface area contributed by atoms with Gasteiger partial charge in [-0.3, -0.25) is 9.79 Å². The van der Waals surface area contributed by atoms with Crippen LogP contribution < -0.4 is 5.73 Å². The summed E-state index contributed by atoms with van der Waals surface area (Å²) in [6.07, 6.45) is 9.07. The number of hydrogen-bond acceptors (Lipinski definition) is 2. The largest absolute Gasteiger partial charge is 0.370 e. The van der Waals surface area contributed by atoms with Crippen molar-refractivity contribution in [1.82, 2.24) is 9.80 Å². The Morgan fingerprint density at radius 1 is 1.09 bits per heavy atom.